The Balaban J connectivity index is 4.01. The van der Waals surface area contributed by atoms with Crippen molar-refractivity contribution in [3.8, 4) is 0 Å². The zero-order valence-corrected chi connectivity index (χ0v) is 8.13. The van der Waals surface area contributed by atoms with Gasteiger partial charge in [-0.1, -0.05) is 0 Å². The van der Waals surface area contributed by atoms with Gasteiger partial charge in [-0.2, -0.15) is 13.2 Å². The highest BCUT2D eigenvalue weighted by Crippen LogP contribution is 2.16. The van der Waals surface area contributed by atoms with Crippen molar-refractivity contribution in [3.63, 3.8) is 0 Å². The molecule has 0 saturated heterocycles. The number of carboxylic acid groups (broad SMARTS) is 1. The molecule has 0 aromatic heterocycles. The number of hydrogen-bond donors (Lipinski definition) is 2. The molecular formula is C8H14F3NO3. The molecule has 0 amide bonds. The molecule has 0 fully saturated rings. The van der Waals surface area contributed by atoms with Crippen LogP contribution in [0, 0.1) is 0 Å². The van der Waals surface area contributed by atoms with Gasteiger partial charge in [-0.3, -0.25) is 9.69 Å². The number of rotatable bonds is 7. The molecule has 0 saturated carbocycles. The molecule has 0 spiro atoms. The molecule has 2 N–H and O–H groups in total. The van der Waals surface area contributed by atoms with Crippen LogP contribution in [0.25, 0.3) is 0 Å². The van der Waals surface area contributed by atoms with E-state index < -0.39 is 25.2 Å². The van der Waals surface area contributed by atoms with E-state index in [0.29, 0.717) is 12.8 Å². The number of aliphatic hydroxyl groups is 1. The summed E-state index contributed by atoms with van der Waals surface area (Å²) in [5.41, 5.74) is 0. The molecule has 0 heterocycles. The Hall–Kier alpha value is -0.820. The fourth-order valence-electron chi connectivity index (χ4n) is 1.11. The highest BCUT2D eigenvalue weighted by molar-refractivity contribution is 5.69. The molecule has 0 aromatic carbocycles. The Bertz CT molecular complexity index is 196. The van der Waals surface area contributed by atoms with Gasteiger partial charge >= 0.3 is 12.1 Å². The van der Waals surface area contributed by atoms with E-state index in [1.165, 1.54) is 0 Å². The van der Waals surface area contributed by atoms with Crippen LogP contribution in [-0.4, -0.2) is 53.5 Å². The fraction of sp³-hybridized carbons (Fsp3) is 0.875. The van der Waals surface area contributed by atoms with Crippen LogP contribution in [-0.2, 0) is 4.79 Å². The second-order valence-corrected chi connectivity index (χ2v) is 3.15. The molecule has 7 heteroatoms. The monoisotopic (exact) mass is 229 g/mol. The third kappa shape index (κ3) is 9.48. The van der Waals surface area contributed by atoms with E-state index in [-0.39, 0.29) is 13.2 Å². The zero-order valence-electron chi connectivity index (χ0n) is 8.13. The normalized spacial score (nSPS) is 12.1. The molecule has 0 bridgehead atoms. The van der Waals surface area contributed by atoms with E-state index in [1.807, 2.05) is 0 Å². The first kappa shape index (κ1) is 14.2. The lowest BCUT2D eigenvalue weighted by Gasteiger charge is -2.21. The van der Waals surface area contributed by atoms with E-state index in [2.05, 4.69) is 0 Å². The fourth-order valence-corrected chi connectivity index (χ4v) is 1.11. The van der Waals surface area contributed by atoms with Crippen molar-refractivity contribution in [1.29, 1.82) is 0 Å². The number of unbranched alkanes of at least 4 members (excludes halogenated alkanes) is 1. The minimum atomic E-state index is -4.39. The molecule has 0 aliphatic rings. The SMILES string of the molecule is O=C(O)CN(CCCCO)CC(F)(F)F. The summed E-state index contributed by atoms with van der Waals surface area (Å²) in [5, 5.41) is 16.8. The average molecular weight is 229 g/mol. The minimum Gasteiger partial charge on any atom is -0.480 e. The van der Waals surface area contributed by atoms with Gasteiger partial charge in [0.05, 0.1) is 13.1 Å². The summed E-state index contributed by atoms with van der Waals surface area (Å²) in [6.07, 6.45) is -3.68. The summed E-state index contributed by atoms with van der Waals surface area (Å²) in [6, 6.07) is 0. The predicted molar refractivity (Wildman–Crippen MR) is 46.5 cm³/mol. The van der Waals surface area contributed by atoms with E-state index in [4.69, 9.17) is 10.2 Å². The van der Waals surface area contributed by atoms with E-state index in [9.17, 15) is 18.0 Å². The maximum absolute atomic E-state index is 12.0. The molecule has 0 aromatic rings. The van der Waals surface area contributed by atoms with Gasteiger partial charge in [-0.25, -0.2) is 0 Å². The summed E-state index contributed by atoms with van der Waals surface area (Å²) in [7, 11) is 0. The highest BCUT2D eigenvalue weighted by Gasteiger charge is 2.31. The first-order valence-corrected chi connectivity index (χ1v) is 4.47. The van der Waals surface area contributed by atoms with Crippen molar-refractivity contribution in [3.05, 3.63) is 0 Å². The standard InChI is InChI=1S/C8H14F3NO3/c9-8(10,11)6-12(5-7(14)15)3-1-2-4-13/h13H,1-6H2,(H,14,15). The molecule has 0 unspecified atom stereocenters. The zero-order chi connectivity index (χ0) is 11.9. The second-order valence-electron chi connectivity index (χ2n) is 3.15. The van der Waals surface area contributed by atoms with E-state index >= 15 is 0 Å². The topological polar surface area (TPSA) is 60.8 Å². The quantitative estimate of drug-likeness (QED) is 0.631. The molecule has 0 radical (unpaired) electrons. The summed E-state index contributed by atoms with van der Waals surface area (Å²) >= 11 is 0. The van der Waals surface area contributed by atoms with Gasteiger partial charge in [0, 0.05) is 6.61 Å². The van der Waals surface area contributed by atoms with Crippen LogP contribution >= 0.6 is 0 Å². The van der Waals surface area contributed by atoms with Gasteiger partial charge in [-0.15, -0.1) is 0 Å². The molecule has 0 aliphatic carbocycles. The smallest absolute Gasteiger partial charge is 0.401 e. The highest BCUT2D eigenvalue weighted by atomic mass is 19.4. The van der Waals surface area contributed by atoms with Gasteiger partial charge < -0.3 is 10.2 Å². The number of nitrogens with zero attached hydrogens (tertiary/aromatic N) is 1. The van der Waals surface area contributed by atoms with Crippen LogP contribution in [0.1, 0.15) is 12.8 Å². The molecule has 0 rings (SSSR count). The summed E-state index contributed by atoms with van der Waals surface area (Å²) in [4.78, 5) is 11.1. The van der Waals surface area contributed by atoms with Crippen molar-refractivity contribution in [2.24, 2.45) is 0 Å². The number of halogens is 3. The largest absolute Gasteiger partial charge is 0.480 e. The van der Waals surface area contributed by atoms with E-state index in [1.54, 1.807) is 0 Å². The Kier molecular flexibility index (Phi) is 6.26. The Morgan fingerprint density at radius 2 is 1.87 bits per heavy atom. The predicted octanol–water partition coefficient (Wildman–Crippen LogP) is 0.708. The van der Waals surface area contributed by atoms with Gasteiger partial charge in [0.15, 0.2) is 0 Å². The maximum atomic E-state index is 12.0. The van der Waals surface area contributed by atoms with E-state index in [0.717, 1.165) is 4.90 Å². The number of hydrogen-bond acceptors (Lipinski definition) is 3. The first-order valence-electron chi connectivity index (χ1n) is 4.47. The van der Waals surface area contributed by atoms with Crippen molar-refractivity contribution >= 4 is 5.97 Å². The summed E-state index contributed by atoms with van der Waals surface area (Å²) in [6.45, 7) is -1.95. The first-order chi connectivity index (χ1) is 6.85. The minimum absolute atomic E-state index is 0.0202. The van der Waals surface area contributed by atoms with Crippen LogP contribution < -0.4 is 0 Å². The number of alkyl halides is 3. The number of carboxylic acids is 1. The second kappa shape index (κ2) is 6.62. The van der Waals surface area contributed by atoms with Crippen LogP contribution in [0.2, 0.25) is 0 Å². The van der Waals surface area contributed by atoms with Gasteiger partial charge in [-0.05, 0) is 19.4 Å². The lowest BCUT2D eigenvalue weighted by molar-refractivity contribution is -0.154. The lowest BCUT2D eigenvalue weighted by Crippen LogP contribution is -2.38. The van der Waals surface area contributed by atoms with Gasteiger partial charge in [0.1, 0.15) is 0 Å². The Morgan fingerprint density at radius 1 is 1.27 bits per heavy atom. The van der Waals surface area contributed by atoms with Crippen LogP contribution in [0.15, 0.2) is 0 Å². The average Bonchev–Trinajstić information content (AvgIpc) is 2.00. The number of aliphatic carboxylic acids is 1. The molecule has 15 heavy (non-hydrogen) atoms. The third-order valence-corrected chi connectivity index (χ3v) is 1.64. The Labute approximate surface area is 85.3 Å². The molecule has 90 valence electrons. The number of carbonyl (C=O) groups is 1. The Morgan fingerprint density at radius 3 is 2.27 bits per heavy atom. The summed E-state index contributed by atoms with van der Waals surface area (Å²) in [5.74, 6) is -1.29. The van der Waals surface area contributed by atoms with Crippen molar-refractivity contribution in [2.75, 3.05) is 26.2 Å². The molecule has 4 nitrogen and oxygen atoms in total. The van der Waals surface area contributed by atoms with Crippen LogP contribution in [0.3, 0.4) is 0 Å². The third-order valence-electron chi connectivity index (χ3n) is 1.64. The summed E-state index contributed by atoms with van der Waals surface area (Å²) < 4.78 is 35.9. The van der Waals surface area contributed by atoms with Crippen molar-refractivity contribution in [1.82, 2.24) is 4.90 Å². The number of aliphatic hydroxyl groups excluding tert-OH is 1. The van der Waals surface area contributed by atoms with Crippen molar-refractivity contribution in [2.45, 2.75) is 19.0 Å². The van der Waals surface area contributed by atoms with Crippen molar-refractivity contribution < 1.29 is 28.2 Å². The van der Waals surface area contributed by atoms with Crippen LogP contribution in [0.5, 0.6) is 0 Å². The van der Waals surface area contributed by atoms with Gasteiger partial charge in [0.25, 0.3) is 0 Å². The molecule has 0 aliphatic heterocycles. The molecular weight excluding hydrogens is 215 g/mol. The maximum Gasteiger partial charge on any atom is 0.401 e. The lowest BCUT2D eigenvalue weighted by atomic mass is 10.3. The van der Waals surface area contributed by atoms with Crippen LogP contribution in [0.4, 0.5) is 13.2 Å². The van der Waals surface area contributed by atoms with Gasteiger partial charge in [0.2, 0.25) is 0 Å². The molecule has 0 atom stereocenters.